The number of aromatic nitrogens is 2. The Labute approximate surface area is 179 Å². The van der Waals surface area contributed by atoms with E-state index in [1.165, 1.54) is 12.1 Å². The van der Waals surface area contributed by atoms with Crippen LogP contribution in [0.25, 0.3) is 16.6 Å². The first-order valence-corrected chi connectivity index (χ1v) is 10.0. The highest BCUT2D eigenvalue weighted by Crippen LogP contribution is 2.31. The van der Waals surface area contributed by atoms with Crippen LogP contribution < -0.4 is 10.5 Å². The molecule has 1 aromatic heterocycles. The molecule has 0 aliphatic rings. The van der Waals surface area contributed by atoms with Gasteiger partial charge in [0.05, 0.1) is 22.5 Å². The molecule has 4 aromatic rings. The second-order valence-corrected chi connectivity index (χ2v) is 6.56. The van der Waals surface area contributed by atoms with E-state index < -0.39 is 11.7 Å². The minimum atomic E-state index is -4.38. The second kappa shape index (κ2) is 9.66. The van der Waals surface area contributed by atoms with Gasteiger partial charge >= 0.3 is 6.18 Å². The van der Waals surface area contributed by atoms with Gasteiger partial charge in [-0.05, 0) is 48.0 Å². The van der Waals surface area contributed by atoms with Gasteiger partial charge in [-0.25, -0.2) is 4.68 Å². The predicted octanol–water partition coefficient (Wildman–Crippen LogP) is 6.11. The summed E-state index contributed by atoms with van der Waals surface area (Å²) in [5.74, 6) is 0.669. The van der Waals surface area contributed by atoms with Crippen LogP contribution in [0.4, 0.5) is 13.2 Å². The number of nitrogens with zero attached hydrogens (tertiary/aromatic N) is 2. The number of hydrogen-bond acceptors (Lipinski definition) is 3. The van der Waals surface area contributed by atoms with Gasteiger partial charge in [0.15, 0.2) is 0 Å². The third-order valence-electron chi connectivity index (χ3n) is 4.61. The molecule has 0 aliphatic heterocycles. The Kier molecular flexibility index (Phi) is 6.97. The summed E-state index contributed by atoms with van der Waals surface area (Å²) in [4.78, 5) is 0. The molecule has 0 saturated carbocycles. The number of rotatable bonds is 5. The molecular formula is C24H24F3N3O. The van der Waals surface area contributed by atoms with Crippen molar-refractivity contribution in [3.8, 4) is 11.4 Å². The van der Waals surface area contributed by atoms with E-state index in [1.54, 1.807) is 4.68 Å². The van der Waals surface area contributed by atoms with Crippen LogP contribution >= 0.6 is 0 Å². The molecule has 0 unspecified atom stereocenters. The van der Waals surface area contributed by atoms with Crippen LogP contribution in [0.1, 0.15) is 30.7 Å². The summed E-state index contributed by atoms with van der Waals surface area (Å²) in [6.07, 6.45) is -4.38. The monoisotopic (exact) mass is 427 g/mol. The number of ether oxygens (including phenoxy) is 1. The molecule has 0 saturated heterocycles. The highest BCUT2D eigenvalue weighted by Gasteiger charge is 2.30. The lowest BCUT2D eigenvalue weighted by Gasteiger charge is -2.09. The molecule has 3 aromatic carbocycles. The van der Waals surface area contributed by atoms with Gasteiger partial charge in [0.1, 0.15) is 12.4 Å². The first kappa shape index (κ1) is 22.4. The summed E-state index contributed by atoms with van der Waals surface area (Å²) in [5.41, 5.74) is 8.11. The normalized spacial score (nSPS) is 11.2. The van der Waals surface area contributed by atoms with E-state index in [4.69, 9.17) is 10.5 Å². The third-order valence-corrected chi connectivity index (χ3v) is 4.61. The molecular weight excluding hydrogens is 403 g/mol. The first-order chi connectivity index (χ1) is 15.0. The maximum atomic E-state index is 12.8. The maximum Gasteiger partial charge on any atom is 0.416 e. The highest BCUT2D eigenvalue weighted by molar-refractivity contribution is 5.85. The van der Waals surface area contributed by atoms with Gasteiger partial charge in [-0.3, -0.25) is 0 Å². The molecule has 4 nitrogen and oxygen atoms in total. The van der Waals surface area contributed by atoms with Gasteiger partial charge in [0.25, 0.3) is 0 Å². The van der Waals surface area contributed by atoms with Crippen molar-refractivity contribution < 1.29 is 17.9 Å². The van der Waals surface area contributed by atoms with Crippen molar-refractivity contribution in [2.24, 2.45) is 5.73 Å². The Morgan fingerprint density at radius 1 is 0.935 bits per heavy atom. The second-order valence-electron chi connectivity index (χ2n) is 6.56. The summed E-state index contributed by atoms with van der Waals surface area (Å²) in [7, 11) is 0. The van der Waals surface area contributed by atoms with Crippen molar-refractivity contribution in [1.29, 1.82) is 0 Å². The lowest BCUT2D eigenvalue weighted by molar-refractivity contribution is -0.137. The molecule has 0 bridgehead atoms. The first-order valence-electron chi connectivity index (χ1n) is 10.0. The summed E-state index contributed by atoms with van der Waals surface area (Å²) < 4.78 is 45.9. The smallest absolute Gasteiger partial charge is 0.416 e. The molecule has 0 aliphatic carbocycles. The summed E-state index contributed by atoms with van der Waals surface area (Å²) in [6, 6.07) is 20.2. The molecule has 31 heavy (non-hydrogen) atoms. The minimum absolute atomic E-state index is 0.201. The molecule has 0 radical (unpaired) electrons. The van der Waals surface area contributed by atoms with E-state index in [0.717, 1.165) is 28.6 Å². The summed E-state index contributed by atoms with van der Waals surface area (Å²) in [6.45, 7) is 4.63. The topological polar surface area (TPSA) is 53.1 Å². The lowest BCUT2D eigenvalue weighted by Crippen LogP contribution is -2.05. The van der Waals surface area contributed by atoms with Crippen molar-refractivity contribution in [1.82, 2.24) is 9.78 Å². The highest BCUT2D eigenvalue weighted by atomic mass is 19.4. The van der Waals surface area contributed by atoms with Gasteiger partial charge in [0, 0.05) is 11.9 Å². The van der Waals surface area contributed by atoms with Crippen LogP contribution in [0.5, 0.6) is 5.75 Å². The van der Waals surface area contributed by atoms with Gasteiger partial charge in [0.2, 0.25) is 0 Å². The van der Waals surface area contributed by atoms with Gasteiger partial charge in [-0.1, -0.05) is 44.2 Å². The molecule has 1 heterocycles. The van der Waals surface area contributed by atoms with Crippen molar-refractivity contribution in [2.75, 3.05) is 0 Å². The number of hydrogen-bond donors (Lipinski definition) is 1. The quantitative estimate of drug-likeness (QED) is 0.418. The molecule has 4 rings (SSSR count). The van der Waals surface area contributed by atoms with E-state index in [0.29, 0.717) is 23.7 Å². The van der Waals surface area contributed by atoms with Gasteiger partial charge in [-0.15, -0.1) is 0 Å². The zero-order valence-electron chi connectivity index (χ0n) is 17.4. The van der Waals surface area contributed by atoms with Gasteiger partial charge < -0.3 is 10.5 Å². The zero-order valence-corrected chi connectivity index (χ0v) is 17.4. The fourth-order valence-corrected chi connectivity index (χ4v) is 3.13. The van der Waals surface area contributed by atoms with E-state index in [-0.39, 0.29) is 6.54 Å². The molecule has 0 fully saturated rings. The fourth-order valence-electron chi connectivity index (χ4n) is 3.13. The minimum Gasteiger partial charge on any atom is -0.489 e. The lowest BCUT2D eigenvalue weighted by atomic mass is 10.1. The number of nitrogens with two attached hydrogens (primary N) is 1. The van der Waals surface area contributed by atoms with Gasteiger partial charge in [-0.2, -0.15) is 18.3 Å². The van der Waals surface area contributed by atoms with Crippen molar-refractivity contribution in [3.05, 3.63) is 89.6 Å². The van der Waals surface area contributed by atoms with E-state index in [2.05, 4.69) is 5.10 Å². The Hall–Kier alpha value is -3.32. The van der Waals surface area contributed by atoms with Crippen LogP contribution in [0.3, 0.4) is 0 Å². The van der Waals surface area contributed by atoms with Crippen LogP contribution in [0.15, 0.2) is 72.8 Å². The summed E-state index contributed by atoms with van der Waals surface area (Å²) in [5, 5.41) is 5.29. The molecule has 0 spiro atoms. The third kappa shape index (κ3) is 5.06. The summed E-state index contributed by atoms with van der Waals surface area (Å²) >= 11 is 0. The largest absolute Gasteiger partial charge is 0.489 e. The van der Waals surface area contributed by atoms with Crippen molar-refractivity contribution >= 4 is 10.9 Å². The Bertz CT molecular complexity index is 1120. The molecule has 0 atom stereocenters. The molecule has 162 valence electrons. The van der Waals surface area contributed by atoms with E-state index >= 15 is 0 Å². The van der Waals surface area contributed by atoms with Crippen LogP contribution in [-0.4, -0.2) is 9.78 Å². The SMILES string of the molecule is CC.NCc1nn(-c2ccc(C(F)(F)F)cc2)c2ccc(OCc3ccccc3)cc12. The Morgan fingerprint density at radius 2 is 1.61 bits per heavy atom. The number of halogens is 3. The molecule has 0 amide bonds. The van der Waals surface area contributed by atoms with Crippen LogP contribution in [-0.2, 0) is 19.3 Å². The van der Waals surface area contributed by atoms with Crippen LogP contribution in [0.2, 0.25) is 0 Å². The van der Waals surface area contributed by atoms with Crippen LogP contribution in [0, 0.1) is 0 Å². The predicted molar refractivity (Wildman–Crippen MR) is 116 cm³/mol. The van der Waals surface area contributed by atoms with E-state index in [1.807, 2.05) is 62.4 Å². The molecule has 7 heteroatoms. The average Bonchev–Trinajstić information content (AvgIpc) is 3.17. The number of benzene rings is 3. The molecule has 2 N–H and O–H groups in total. The van der Waals surface area contributed by atoms with Crippen molar-refractivity contribution in [3.63, 3.8) is 0 Å². The fraction of sp³-hybridized carbons (Fsp3) is 0.208. The number of fused-ring (bicyclic) bond motifs is 1. The average molecular weight is 427 g/mol. The standard InChI is InChI=1S/C22H18F3N3O.C2H6/c23-22(24,25)16-6-8-17(9-7-16)28-21-11-10-18(12-19(21)20(13-26)27-28)29-14-15-4-2-1-3-5-15;1-2/h1-12H,13-14,26H2;1-2H3. The number of alkyl halides is 3. The van der Waals surface area contributed by atoms with Crippen molar-refractivity contribution in [2.45, 2.75) is 33.2 Å². The Balaban J connectivity index is 0.00000132. The Morgan fingerprint density at radius 3 is 2.23 bits per heavy atom. The maximum absolute atomic E-state index is 12.8. The zero-order chi connectivity index (χ0) is 22.4. The van der Waals surface area contributed by atoms with E-state index in [9.17, 15) is 13.2 Å².